The summed E-state index contributed by atoms with van der Waals surface area (Å²) in [5.74, 6) is 0. The molecule has 0 saturated carbocycles. The van der Waals surface area contributed by atoms with Crippen molar-refractivity contribution in [2.45, 2.75) is 0 Å². The summed E-state index contributed by atoms with van der Waals surface area (Å²) in [6, 6.07) is 7.59. The van der Waals surface area contributed by atoms with Crippen molar-refractivity contribution in [3.05, 3.63) is 36.1 Å². The molecule has 12 heavy (non-hydrogen) atoms. The Morgan fingerprint density at radius 1 is 1.25 bits per heavy atom. The first kappa shape index (κ1) is 9.12. The molecule has 0 amide bonds. The van der Waals surface area contributed by atoms with Crippen LogP contribution >= 0.6 is 0 Å². The van der Waals surface area contributed by atoms with Crippen molar-refractivity contribution < 1.29 is 24.0 Å². The van der Waals surface area contributed by atoms with E-state index in [1.165, 1.54) is 0 Å². The van der Waals surface area contributed by atoms with Crippen LogP contribution in [-0.2, 0) is 0 Å². The van der Waals surface area contributed by atoms with Gasteiger partial charge in [-0.3, -0.25) is 4.99 Å². The Morgan fingerprint density at radius 2 is 2.00 bits per heavy atom. The van der Waals surface area contributed by atoms with Gasteiger partial charge in [0.1, 0.15) is 0 Å². The maximum absolute atomic E-state index is 10.4. The number of para-hydroxylation sites is 1. The van der Waals surface area contributed by atoms with Gasteiger partial charge in [-0.05, 0) is 11.6 Å². The van der Waals surface area contributed by atoms with Crippen LogP contribution in [0.25, 0.3) is 5.57 Å². The molecule has 0 bridgehead atoms. The number of benzene rings is 1. The molecule has 3 heteroatoms. The standard InChI is InChI=1S/C9H7NO.Li/c11-6-7-5-10-9-4-2-1-3-8(7)9;/h1-6,11H;/q;+1/p-1/b7-6-;. The van der Waals surface area contributed by atoms with Crippen LogP contribution in [-0.4, -0.2) is 6.21 Å². The van der Waals surface area contributed by atoms with Gasteiger partial charge in [0.15, 0.2) is 0 Å². The van der Waals surface area contributed by atoms with E-state index in [0.717, 1.165) is 17.5 Å². The first-order valence-corrected chi connectivity index (χ1v) is 3.37. The van der Waals surface area contributed by atoms with E-state index in [4.69, 9.17) is 0 Å². The van der Waals surface area contributed by atoms with Crippen LogP contribution in [0.1, 0.15) is 5.56 Å². The van der Waals surface area contributed by atoms with E-state index in [1.807, 2.05) is 24.3 Å². The molecule has 0 aliphatic carbocycles. The SMILES string of the molecule is [Li+].[O-]/C=C1/C=Nc2ccccc21. The van der Waals surface area contributed by atoms with Crippen molar-refractivity contribution in [3.8, 4) is 0 Å². The van der Waals surface area contributed by atoms with Crippen LogP contribution < -0.4 is 24.0 Å². The van der Waals surface area contributed by atoms with Crippen LogP contribution in [0.15, 0.2) is 35.5 Å². The molecule has 54 valence electrons. The summed E-state index contributed by atoms with van der Waals surface area (Å²) < 4.78 is 0. The average molecular weight is 151 g/mol. The largest absolute Gasteiger partial charge is 1.00 e. The van der Waals surface area contributed by atoms with Gasteiger partial charge in [-0.25, -0.2) is 0 Å². The first-order chi connectivity index (χ1) is 5.42. The number of aliphatic imine (C=N–C) groups is 1. The molecule has 0 aromatic heterocycles. The molecule has 2 nitrogen and oxygen atoms in total. The Morgan fingerprint density at radius 3 is 2.75 bits per heavy atom. The van der Waals surface area contributed by atoms with Crippen molar-refractivity contribution in [2.24, 2.45) is 4.99 Å². The van der Waals surface area contributed by atoms with Crippen molar-refractivity contribution in [1.29, 1.82) is 0 Å². The number of nitrogens with zero attached hydrogens (tertiary/aromatic N) is 1. The maximum Gasteiger partial charge on any atom is 1.00 e. The minimum Gasteiger partial charge on any atom is -0.877 e. The minimum absolute atomic E-state index is 0. The molecule has 0 N–H and O–H groups in total. The summed E-state index contributed by atoms with van der Waals surface area (Å²) in [4.78, 5) is 4.06. The van der Waals surface area contributed by atoms with E-state index in [2.05, 4.69) is 4.99 Å². The van der Waals surface area contributed by atoms with Gasteiger partial charge in [0.05, 0.1) is 5.69 Å². The Labute approximate surface area is 82.8 Å². The molecular weight excluding hydrogens is 145 g/mol. The van der Waals surface area contributed by atoms with E-state index < -0.39 is 0 Å². The fourth-order valence-corrected chi connectivity index (χ4v) is 1.13. The number of hydrogen-bond acceptors (Lipinski definition) is 2. The summed E-state index contributed by atoms with van der Waals surface area (Å²) in [6.45, 7) is 0. The van der Waals surface area contributed by atoms with E-state index in [-0.39, 0.29) is 18.9 Å². The topological polar surface area (TPSA) is 35.4 Å². The second-order valence-electron chi connectivity index (χ2n) is 2.35. The molecular formula is C9H6LiNO. The molecule has 1 aliphatic heterocycles. The summed E-state index contributed by atoms with van der Waals surface area (Å²) in [7, 11) is 0. The molecule has 0 unspecified atom stereocenters. The van der Waals surface area contributed by atoms with Crippen LogP contribution in [0.3, 0.4) is 0 Å². The second kappa shape index (κ2) is 3.62. The monoisotopic (exact) mass is 151 g/mol. The first-order valence-electron chi connectivity index (χ1n) is 3.37. The van der Waals surface area contributed by atoms with Gasteiger partial charge in [0, 0.05) is 11.8 Å². The van der Waals surface area contributed by atoms with Crippen molar-refractivity contribution in [3.63, 3.8) is 0 Å². The molecule has 0 radical (unpaired) electrons. The van der Waals surface area contributed by atoms with Crippen LogP contribution in [0, 0.1) is 0 Å². The number of fused-ring (bicyclic) bond motifs is 1. The molecule has 0 fully saturated rings. The number of allylic oxidation sites excluding steroid dienone is 1. The summed E-state index contributed by atoms with van der Waals surface area (Å²) in [5.41, 5.74) is 2.48. The fraction of sp³-hybridized carbons (Fsp3) is 0. The summed E-state index contributed by atoms with van der Waals surface area (Å²) in [5, 5.41) is 10.4. The number of hydrogen-bond donors (Lipinski definition) is 0. The van der Waals surface area contributed by atoms with Crippen LogP contribution in [0.2, 0.25) is 0 Å². The minimum atomic E-state index is 0. The quantitative estimate of drug-likeness (QED) is 0.315. The number of rotatable bonds is 0. The predicted molar refractivity (Wildman–Crippen MR) is 42.6 cm³/mol. The van der Waals surface area contributed by atoms with E-state index >= 15 is 0 Å². The zero-order valence-electron chi connectivity index (χ0n) is 6.82. The summed E-state index contributed by atoms with van der Waals surface area (Å²) >= 11 is 0. The Balaban J connectivity index is 0.000000720. The van der Waals surface area contributed by atoms with Crippen molar-refractivity contribution >= 4 is 17.5 Å². The third-order valence-corrected chi connectivity index (χ3v) is 1.68. The van der Waals surface area contributed by atoms with Gasteiger partial charge in [0.25, 0.3) is 0 Å². The molecule has 1 heterocycles. The van der Waals surface area contributed by atoms with Gasteiger partial charge in [-0.15, -0.1) is 6.26 Å². The molecule has 0 saturated heterocycles. The molecule has 0 atom stereocenters. The smallest absolute Gasteiger partial charge is 0.877 e. The second-order valence-corrected chi connectivity index (χ2v) is 2.35. The third-order valence-electron chi connectivity index (χ3n) is 1.68. The summed E-state index contributed by atoms with van der Waals surface area (Å²) in [6.07, 6.45) is 2.42. The van der Waals surface area contributed by atoms with Crippen LogP contribution in [0.4, 0.5) is 5.69 Å². The van der Waals surface area contributed by atoms with Gasteiger partial charge in [0.2, 0.25) is 0 Å². The van der Waals surface area contributed by atoms with Gasteiger partial charge >= 0.3 is 18.9 Å². The fourth-order valence-electron chi connectivity index (χ4n) is 1.13. The Hall–Kier alpha value is -0.973. The zero-order valence-corrected chi connectivity index (χ0v) is 6.82. The van der Waals surface area contributed by atoms with E-state index in [0.29, 0.717) is 5.57 Å². The van der Waals surface area contributed by atoms with E-state index in [9.17, 15) is 5.11 Å². The molecule has 0 spiro atoms. The molecule has 1 aromatic rings. The Bertz CT molecular complexity index is 344. The molecule has 1 aliphatic rings. The Kier molecular flexibility index (Phi) is 2.75. The van der Waals surface area contributed by atoms with Gasteiger partial charge in [-0.1, -0.05) is 18.2 Å². The maximum atomic E-state index is 10.4. The van der Waals surface area contributed by atoms with Gasteiger partial charge < -0.3 is 5.11 Å². The van der Waals surface area contributed by atoms with Crippen LogP contribution in [0.5, 0.6) is 0 Å². The van der Waals surface area contributed by atoms with Gasteiger partial charge in [-0.2, -0.15) is 0 Å². The zero-order chi connectivity index (χ0) is 7.68. The predicted octanol–water partition coefficient (Wildman–Crippen LogP) is -1.89. The van der Waals surface area contributed by atoms with Crippen molar-refractivity contribution in [1.82, 2.24) is 0 Å². The third kappa shape index (κ3) is 1.32. The van der Waals surface area contributed by atoms with E-state index in [1.54, 1.807) is 6.21 Å². The van der Waals surface area contributed by atoms with Crippen molar-refractivity contribution in [2.75, 3.05) is 0 Å². The average Bonchev–Trinajstić information content (AvgIpc) is 2.47. The normalized spacial score (nSPS) is 15.8. The molecule has 2 rings (SSSR count). The molecule has 1 aromatic carbocycles.